The zero-order chi connectivity index (χ0) is 21.6. The number of anilines is 1. The van der Waals surface area contributed by atoms with E-state index in [0.717, 1.165) is 17.7 Å². The summed E-state index contributed by atoms with van der Waals surface area (Å²) in [7, 11) is 3.48. The minimum Gasteiger partial charge on any atom is -0.384 e. The van der Waals surface area contributed by atoms with Gasteiger partial charge in [0.1, 0.15) is 11.9 Å². The second kappa shape index (κ2) is 9.92. The van der Waals surface area contributed by atoms with Crippen LogP contribution < -0.4 is 16.4 Å². The molecular weight excluding hydrogens is 380 g/mol. The lowest BCUT2D eigenvalue weighted by molar-refractivity contribution is -0.131. The quantitative estimate of drug-likeness (QED) is 0.614. The van der Waals surface area contributed by atoms with E-state index in [2.05, 4.69) is 15.6 Å². The molecule has 2 aromatic rings. The van der Waals surface area contributed by atoms with Crippen molar-refractivity contribution in [1.82, 2.24) is 20.5 Å². The Labute approximate surface area is 168 Å². The third kappa shape index (κ3) is 6.49. The van der Waals surface area contributed by atoms with Gasteiger partial charge in [-0.3, -0.25) is 14.5 Å². The van der Waals surface area contributed by atoms with Gasteiger partial charge in [0.05, 0.1) is 6.04 Å². The number of rotatable bonds is 8. The van der Waals surface area contributed by atoms with Gasteiger partial charge in [0, 0.05) is 19.2 Å². The topological polar surface area (TPSA) is 100 Å². The van der Waals surface area contributed by atoms with Crippen molar-refractivity contribution in [3.8, 4) is 0 Å². The Kier molecular flexibility index (Phi) is 7.60. The summed E-state index contributed by atoms with van der Waals surface area (Å²) in [6.45, 7) is 1.88. The molecule has 0 saturated carbocycles. The molecule has 1 aromatic carbocycles. The number of hydrogen-bond acceptors (Lipinski definition) is 5. The van der Waals surface area contributed by atoms with Crippen LogP contribution in [0, 0.1) is 11.6 Å². The molecule has 29 heavy (non-hydrogen) atoms. The van der Waals surface area contributed by atoms with Gasteiger partial charge >= 0.3 is 0 Å². The third-order valence-corrected chi connectivity index (χ3v) is 4.53. The van der Waals surface area contributed by atoms with Crippen LogP contribution in [0.4, 0.5) is 14.6 Å². The molecule has 9 heteroatoms. The van der Waals surface area contributed by atoms with Crippen LogP contribution in [0.25, 0.3) is 0 Å². The van der Waals surface area contributed by atoms with Crippen LogP contribution >= 0.6 is 0 Å². The standard InChI is InChI=1S/C20H25F2N5O2/c1-12(27(2)3)19(28)26-17(9-13-4-6-15(21)16(22)8-13)20(29)25-11-14-5-7-18(23)24-10-14/h4-8,10,12,17H,9,11H2,1-3H3,(H2,23,24)(H,25,29)(H,26,28)/t12-,17-/m0/s1. The predicted octanol–water partition coefficient (Wildman–Crippen LogP) is 1.24. The molecule has 2 atom stereocenters. The number of halogens is 2. The lowest BCUT2D eigenvalue weighted by atomic mass is 10.0. The highest BCUT2D eigenvalue weighted by Gasteiger charge is 2.25. The van der Waals surface area contributed by atoms with Crippen molar-refractivity contribution in [2.24, 2.45) is 0 Å². The number of nitrogens with zero attached hydrogens (tertiary/aromatic N) is 2. The maximum absolute atomic E-state index is 13.5. The number of hydrogen-bond donors (Lipinski definition) is 3. The number of pyridine rings is 1. The van der Waals surface area contributed by atoms with Crippen LogP contribution in [-0.4, -0.2) is 47.9 Å². The highest BCUT2D eigenvalue weighted by atomic mass is 19.2. The number of nitrogens with one attached hydrogen (secondary N) is 2. The second-order valence-electron chi connectivity index (χ2n) is 6.96. The SMILES string of the molecule is C[C@@H](C(=O)N[C@@H](Cc1ccc(F)c(F)c1)C(=O)NCc1ccc(N)nc1)N(C)C. The molecule has 4 N–H and O–H groups in total. The summed E-state index contributed by atoms with van der Waals surface area (Å²) in [4.78, 5) is 30.8. The van der Waals surface area contributed by atoms with E-state index in [0.29, 0.717) is 11.4 Å². The Hall–Kier alpha value is -3.07. The van der Waals surface area contributed by atoms with Gasteiger partial charge in [-0.15, -0.1) is 0 Å². The van der Waals surface area contributed by atoms with E-state index >= 15 is 0 Å². The van der Waals surface area contributed by atoms with Crippen LogP contribution in [0.15, 0.2) is 36.5 Å². The number of nitrogen functional groups attached to an aromatic ring is 1. The van der Waals surface area contributed by atoms with Crippen LogP contribution in [0.3, 0.4) is 0 Å². The molecule has 0 unspecified atom stereocenters. The Balaban J connectivity index is 2.13. The summed E-state index contributed by atoms with van der Waals surface area (Å²) in [6.07, 6.45) is 1.54. The summed E-state index contributed by atoms with van der Waals surface area (Å²) in [6, 6.07) is 5.28. The zero-order valence-corrected chi connectivity index (χ0v) is 16.6. The van der Waals surface area contributed by atoms with Gasteiger partial charge < -0.3 is 16.4 Å². The number of carbonyl (C=O) groups excluding carboxylic acids is 2. The molecule has 0 spiro atoms. The summed E-state index contributed by atoms with van der Waals surface area (Å²) in [5.41, 5.74) is 6.65. The lowest BCUT2D eigenvalue weighted by Gasteiger charge is -2.24. The first kappa shape index (κ1) is 22.2. The first-order valence-electron chi connectivity index (χ1n) is 9.06. The molecule has 0 bridgehead atoms. The maximum Gasteiger partial charge on any atom is 0.243 e. The van der Waals surface area contributed by atoms with Crippen molar-refractivity contribution in [3.63, 3.8) is 0 Å². The fourth-order valence-electron chi connectivity index (χ4n) is 2.49. The molecule has 0 saturated heterocycles. The first-order valence-corrected chi connectivity index (χ1v) is 9.06. The molecular formula is C20H25F2N5O2. The van der Waals surface area contributed by atoms with Gasteiger partial charge in [0.15, 0.2) is 11.6 Å². The molecule has 0 aliphatic rings. The third-order valence-electron chi connectivity index (χ3n) is 4.53. The Morgan fingerprint density at radius 2 is 1.79 bits per heavy atom. The second-order valence-corrected chi connectivity index (χ2v) is 6.96. The van der Waals surface area contributed by atoms with Gasteiger partial charge in [-0.2, -0.15) is 0 Å². The minimum absolute atomic E-state index is 0.00884. The molecule has 1 heterocycles. The van der Waals surface area contributed by atoms with Crippen LogP contribution in [0.2, 0.25) is 0 Å². The Morgan fingerprint density at radius 3 is 2.38 bits per heavy atom. The van der Waals surface area contributed by atoms with E-state index in [1.165, 1.54) is 12.3 Å². The smallest absolute Gasteiger partial charge is 0.243 e. The van der Waals surface area contributed by atoms with E-state index in [4.69, 9.17) is 5.73 Å². The van der Waals surface area contributed by atoms with Gasteiger partial charge in [-0.05, 0) is 50.3 Å². The van der Waals surface area contributed by atoms with Crippen LogP contribution in [0.5, 0.6) is 0 Å². The van der Waals surface area contributed by atoms with Crippen molar-refractivity contribution in [2.75, 3.05) is 19.8 Å². The summed E-state index contributed by atoms with van der Waals surface area (Å²) < 4.78 is 26.7. The van der Waals surface area contributed by atoms with Crippen LogP contribution in [-0.2, 0) is 22.6 Å². The fraction of sp³-hybridized carbons (Fsp3) is 0.350. The van der Waals surface area contributed by atoms with Crippen molar-refractivity contribution < 1.29 is 18.4 Å². The average Bonchev–Trinajstić information content (AvgIpc) is 2.68. The molecule has 0 aliphatic carbocycles. The molecule has 0 radical (unpaired) electrons. The highest BCUT2D eigenvalue weighted by molar-refractivity contribution is 5.89. The van der Waals surface area contributed by atoms with E-state index in [9.17, 15) is 18.4 Å². The van der Waals surface area contributed by atoms with Crippen molar-refractivity contribution >= 4 is 17.6 Å². The molecule has 1 aromatic heterocycles. The summed E-state index contributed by atoms with van der Waals surface area (Å²) in [5, 5.41) is 5.40. The summed E-state index contributed by atoms with van der Waals surface area (Å²) in [5.74, 6) is -2.43. The molecule has 7 nitrogen and oxygen atoms in total. The highest BCUT2D eigenvalue weighted by Crippen LogP contribution is 2.11. The van der Waals surface area contributed by atoms with Gasteiger partial charge in [-0.25, -0.2) is 13.8 Å². The zero-order valence-electron chi connectivity index (χ0n) is 16.6. The Bertz CT molecular complexity index is 858. The normalized spacial score (nSPS) is 13.0. The molecule has 2 rings (SSSR count). The van der Waals surface area contributed by atoms with Gasteiger partial charge in [-0.1, -0.05) is 12.1 Å². The number of likely N-dealkylation sites (N-methyl/N-ethyl adjacent to an activating group) is 1. The Morgan fingerprint density at radius 1 is 1.10 bits per heavy atom. The summed E-state index contributed by atoms with van der Waals surface area (Å²) >= 11 is 0. The van der Waals surface area contributed by atoms with Crippen molar-refractivity contribution in [1.29, 1.82) is 0 Å². The van der Waals surface area contributed by atoms with E-state index in [1.807, 2.05) is 0 Å². The van der Waals surface area contributed by atoms with Gasteiger partial charge in [0.2, 0.25) is 11.8 Å². The van der Waals surface area contributed by atoms with E-state index in [-0.39, 0.29) is 18.9 Å². The lowest BCUT2D eigenvalue weighted by Crippen LogP contribution is -2.52. The van der Waals surface area contributed by atoms with E-state index in [1.54, 1.807) is 38.1 Å². The van der Waals surface area contributed by atoms with Crippen molar-refractivity contribution in [2.45, 2.75) is 32.0 Å². The van der Waals surface area contributed by atoms with Crippen molar-refractivity contribution in [3.05, 3.63) is 59.3 Å². The fourth-order valence-corrected chi connectivity index (χ4v) is 2.49. The molecule has 0 aliphatic heterocycles. The number of amides is 2. The monoisotopic (exact) mass is 405 g/mol. The van der Waals surface area contributed by atoms with E-state index < -0.39 is 29.6 Å². The number of carbonyl (C=O) groups is 2. The predicted molar refractivity (Wildman–Crippen MR) is 106 cm³/mol. The average molecular weight is 405 g/mol. The number of aromatic nitrogens is 1. The number of benzene rings is 1. The molecule has 156 valence electrons. The van der Waals surface area contributed by atoms with Crippen LogP contribution in [0.1, 0.15) is 18.1 Å². The molecule has 2 amide bonds. The largest absolute Gasteiger partial charge is 0.384 e. The minimum atomic E-state index is -1.01. The molecule has 0 fully saturated rings. The van der Waals surface area contributed by atoms with Gasteiger partial charge in [0.25, 0.3) is 0 Å². The number of nitrogens with two attached hydrogens (primary N) is 1. The maximum atomic E-state index is 13.5. The first-order chi connectivity index (χ1) is 13.7.